The Balaban J connectivity index is 2.31. The van der Waals surface area contributed by atoms with Crippen molar-refractivity contribution < 1.29 is 5.11 Å². The minimum Gasteiger partial charge on any atom is -0.389 e. The Hall–Kier alpha value is -0.880. The van der Waals surface area contributed by atoms with Gasteiger partial charge >= 0.3 is 0 Å². The van der Waals surface area contributed by atoms with Crippen LogP contribution in [0.15, 0.2) is 36.7 Å². The van der Waals surface area contributed by atoms with E-state index in [9.17, 15) is 5.11 Å². The van der Waals surface area contributed by atoms with Crippen LogP contribution in [-0.4, -0.2) is 14.9 Å². The summed E-state index contributed by atoms with van der Waals surface area (Å²) >= 11 is 2.22. The second-order valence-electron chi connectivity index (χ2n) is 3.37. The lowest BCUT2D eigenvalue weighted by Crippen LogP contribution is -1.96. The van der Waals surface area contributed by atoms with Crippen LogP contribution in [0.3, 0.4) is 0 Å². The fraction of sp³-hybridized carbons (Fsp3) is 0.182. The van der Waals surface area contributed by atoms with Crippen molar-refractivity contribution in [3.05, 3.63) is 45.8 Å². The van der Waals surface area contributed by atoms with Crippen LogP contribution in [0, 0.1) is 3.57 Å². The molecule has 0 unspecified atom stereocenters. The fourth-order valence-electron chi connectivity index (χ4n) is 1.35. The molecule has 0 radical (unpaired) electrons. The first kappa shape index (κ1) is 10.6. The highest BCUT2D eigenvalue weighted by Crippen LogP contribution is 2.15. The van der Waals surface area contributed by atoms with E-state index in [1.807, 2.05) is 41.3 Å². The molecule has 1 aromatic carbocycles. The lowest BCUT2D eigenvalue weighted by atomic mass is 10.1. The Bertz CT molecular complexity index is 448. The van der Waals surface area contributed by atoms with Gasteiger partial charge in [0.2, 0.25) is 0 Å². The summed E-state index contributed by atoms with van der Waals surface area (Å²) < 4.78 is 2.92. The maximum absolute atomic E-state index is 9.37. The topological polar surface area (TPSA) is 38.0 Å². The van der Waals surface area contributed by atoms with E-state index < -0.39 is 6.10 Å². The molecule has 0 spiro atoms. The average Bonchev–Trinajstić information content (AvgIpc) is 2.65. The Morgan fingerprint density at radius 2 is 2.00 bits per heavy atom. The Morgan fingerprint density at radius 1 is 1.33 bits per heavy atom. The summed E-state index contributed by atoms with van der Waals surface area (Å²) in [6.07, 6.45) is 3.35. The van der Waals surface area contributed by atoms with Gasteiger partial charge in [0.15, 0.2) is 0 Å². The van der Waals surface area contributed by atoms with Gasteiger partial charge in [-0.15, -0.1) is 0 Å². The molecule has 3 nitrogen and oxygen atoms in total. The van der Waals surface area contributed by atoms with Gasteiger partial charge in [-0.05, 0) is 47.2 Å². The summed E-state index contributed by atoms with van der Waals surface area (Å²) in [7, 11) is 0. The van der Waals surface area contributed by atoms with Crippen molar-refractivity contribution >= 4 is 22.6 Å². The number of benzene rings is 1. The highest BCUT2D eigenvalue weighted by molar-refractivity contribution is 14.1. The number of aliphatic hydroxyl groups is 1. The zero-order valence-electron chi connectivity index (χ0n) is 8.26. The maximum atomic E-state index is 9.37. The van der Waals surface area contributed by atoms with E-state index in [1.165, 1.54) is 0 Å². The predicted molar refractivity (Wildman–Crippen MR) is 66.9 cm³/mol. The monoisotopic (exact) mass is 314 g/mol. The SMILES string of the molecule is C[C@H](O)c1ccc(-n2cc(I)cn2)cc1. The normalized spacial score (nSPS) is 12.7. The van der Waals surface area contributed by atoms with Crippen LogP contribution >= 0.6 is 22.6 Å². The van der Waals surface area contributed by atoms with Crippen molar-refractivity contribution in [2.45, 2.75) is 13.0 Å². The quantitative estimate of drug-likeness (QED) is 0.865. The van der Waals surface area contributed by atoms with E-state index in [1.54, 1.807) is 6.92 Å². The summed E-state index contributed by atoms with van der Waals surface area (Å²) in [5.41, 5.74) is 1.92. The minimum absolute atomic E-state index is 0.420. The molecule has 0 amide bonds. The molecule has 0 aliphatic heterocycles. The summed E-state index contributed by atoms with van der Waals surface area (Å²) in [6.45, 7) is 1.76. The second kappa shape index (κ2) is 4.32. The van der Waals surface area contributed by atoms with E-state index in [-0.39, 0.29) is 0 Å². The molecule has 0 saturated heterocycles. The molecule has 0 aliphatic rings. The van der Waals surface area contributed by atoms with Gasteiger partial charge in [0.25, 0.3) is 0 Å². The van der Waals surface area contributed by atoms with Gasteiger partial charge in [0.05, 0.1) is 21.6 Å². The molecular weight excluding hydrogens is 303 g/mol. The van der Waals surface area contributed by atoms with E-state index in [0.29, 0.717) is 0 Å². The molecule has 1 aromatic heterocycles. The van der Waals surface area contributed by atoms with Crippen molar-refractivity contribution in [1.29, 1.82) is 0 Å². The molecule has 1 N–H and O–H groups in total. The fourth-order valence-corrected chi connectivity index (χ4v) is 1.74. The number of halogens is 1. The second-order valence-corrected chi connectivity index (χ2v) is 4.62. The van der Waals surface area contributed by atoms with Gasteiger partial charge in [-0.2, -0.15) is 5.10 Å². The predicted octanol–water partition coefficient (Wildman–Crippen LogP) is 2.53. The van der Waals surface area contributed by atoms with Crippen LogP contribution < -0.4 is 0 Å². The number of hydrogen-bond donors (Lipinski definition) is 1. The molecule has 0 fully saturated rings. The van der Waals surface area contributed by atoms with Crippen molar-refractivity contribution in [3.8, 4) is 5.69 Å². The molecule has 2 rings (SSSR count). The number of aliphatic hydroxyl groups excluding tert-OH is 1. The summed E-state index contributed by atoms with van der Waals surface area (Å²) in [5, 5.41) is 13.6. The van der Waals surface area contributed by atoms with Crippen LogP contribution in [0.2, 0.25) is 0 Å². The first-order valence-electron chi connectivity index (χ1n) is 4.65. The maximum Gasteiger partial charge on any atom is 0.0761 e. The minimum atomic E-state index is -0.420. The third-order valence-corrected chi connectivity index (χ3v) is 2.75. The van der Waals surface area contributed by atoms with Gasteiger partial charge in [0.1, 0.15) is 0 Å². The number of aromatic nitrogens is 2. The van der Waals surface area contributed by atoms with Crippen LogP contribution in [0.1, 0.15) is 18.6 Å². The molecule has 78 valence electrons. The highest BCUT2D eigenvalue weighted by Gasteiger charge is 2.02. The van der Waals surface area contributed by atoms with Gasteiger partial charge < -0.3 is 5.11 Å². The molecule has 0 saturated carbocycles. The van der Waals surface area contributed by atoms with Crippen LogP contribution in [0.5, 0.6) is 0 Å². The molecule has 15 heavy (non-hydrogen) atoms. The van der Waals surface area contributed by atoms with E-state index in [0.717, 1.165) is 14.8 Å². The smallest absolute Gasteiger partial charge is 0.0761 e. The van der Waals surface area contributed by atoms with E-state index in [2.05, 4.69) is 27.7 Å². The summed E-state index contributed by atoms with van der Waals surface area (Å²) in [6, 6.07) is 7.72. The van der Waals surface area contributed by atoms with Crippen molar-refractivity contribution in [3.63, 3.8) is 0 Å². The van der Waals surface area contributed by atoms with E-state index in [4.69, 9.17) is 0 Å². The molecular formula is C11H11IN2O. The Labute approximate surface area is 102 Å². The zero-order chi connectivity index (χ0) is 10.8. The molecule has 1 heterocycles. The molecule has 1 atom stereocenters. The first-order valence-corrected chi connectivity index (χ1v) is 5.73. The van der Waals surface area contributed by atoms with Crippen molar-refractivity contribution in [2.24, 2.45) is 0 Å². The summed E-state index contributed by atoms with van der Waals surface area (Å²) in [5.74, 6) is 0. The lowest BCUT2D eigenvalue weighted by molar-refractivity contribution is 0.199. The molecule has 2 aromatic rings. The Kier molecular flexibility index (Phi) is 3.06. The number of nitrogens with zero attached hydrogens (tertiary/aromatic N) is 2. The first-order chi connectivity index (χ1) is 7.16. The molecule has 0 bridgehead atoms. The third kappa shape index (κ3) is 2.38. The Morgan fingerprint density at radius 3 is 2.47 bits per heavy atom. The molecule has 4 heteroatoms. The van der Waals surface area contributed by atoms with Gasteiger partial charge in [-0.25, -0.2) is 4.68 Å². The van der Waals surface area contributed by atoms with Crippen molar-refractivity contribution in [1.82, 2.24) is 9.78 Å². The largest absolute Gasteiger partial charge is 0.389 e. The highest BCUT2D eigenvalue weighted by atomic mass is 127. The number of rotatable bonds is 2. The van der Waals surface area contributed by atoms with E-state index >= 15 is 0 Å². The lowest BCUT2D eigenvalue weighted by Gasteiger charge is -2.06. The zero-order valence-corrected chi connectivity index (χ0v) is 10.4. The van der Waals surface area contributed by atoms with Gasteiger partial charge in [-0.1, -0.05) is 12.1 Å². The van der Waals surface area contributed by atoms with Gasteiger partial charge in [-0.3, -0.25) is 0 Å². The van der Waals surface area contributed by atoms with Crippen LogP contribution in [0.4, 0.5) is 0 Å². The number of hydrogen-bond acceptors (Lipinski definition) is 2. The van der Waals surface area contributed by atoms with Crippen molar-refractivity contribution in [2.75, 3.05) is 0 Å². The standard InChI is InChI=1S/C11H11IN2O/c1-8(15)9-2-4-11(5-3-9)14-7-10(12)6-13-14/h2-8,15H,1H3/t8-/m0/s1. The van der Waals surface area contributed by atoms with Gasteiger partial charge in [0, 0.05) is 6.20 Å². The molecule has 0 aliphatic carbocycles. The average molecular weight is 314 g/mol. The summed E-state index contributed by atoms with van der Waals surface area (Å²) in [4.78, 5) is 0. The third-order valence-electron chi connectivity index (χ3n) is 2.19. The van der Waals surface area contributed by atoms with Crippen LogP contribution in [-0.2, 0) is 0 Å². The van der Waals surface area contributed by atoms with Crippen LogP contribution in [0.25, 0.3) is 5.69 Å².